The van der Waals surface area contributed by atoms with Crippen LogP contribution in [-0.4, -0.2) is 39.1 Å². The predicted molar refractivity (Wildman–Crippen MR) is 124 cm³/mol. The second kappa shape index (κ2) is 8.70. The number of anilines is 1. The third kappa shape index (κ3) is 4.06. The monoisotopic (exact) mass is 465 g/mol. The van der Waals surface area contributed by atoms with Gasteiger partial charge in [-0.2, -0.15) is 0 Å². The highest BCUT2D eigenvalue weighted by Crippen LogP contribution is 2.50. The van der Waals surface area contributed by atoms with Gasteiger partial charge in [-0.3, -0.25) is 19.8 Å². The lowest BCUT2D eigenvalue weighted by atomic mass is 9.63. The van der Waals surface area contributed by atoms with Crippen LogP contribution >= 0.6 is 11.3 Å². The molecule has 1 saturated carbocycles. The van der Waals surface area contributed by atoms with Crippen LogP contribution in [0.5, 0.6) is 0 Å². The molecule has 2 aromatic rings. The second-order valence-electron chi connectivity index (χ2n) is 9.29. The molecule has 4 amide bonds. The molecule has 1 aliphatic heterocycles. The summed E-state index contributed by atoms with van der Waals surface area (Å²) in [6.45, 7) is 4.01. The molecule has 1 saturated heterocycles. The molecule has 2 heterocycles. The Balaban J connectivity index is 1.38. The van der Waals surface area contributed by atoms with Gasteiger partial charge in [0.1, 0.15) is 11.2 Å². The first-order chi connectivity index (χ1) is 15.9. The zero-order valence-corrected chi connectivity index (χ0v) is 19.4. The van der Waals surface area contributed by atoms with E-state index >= 15 is 0 Å². The third-order valence-electron chi connectivity index (χ3n) is 6.83. The number of hydrogen-bond donors (Lipinski definition) is 2. The van der Waals surface area contributed by atoms with Gasteiger partial charge in [-0.05, 0) is 30.2 Å². The zero-order valence-electron chi connectivity index (χ0n) is 18.6. The standard InChI is InChI=1S/C24H27N5O3S/c1-13(2)20-27-28-24(33-20)26-23(32)25-17(12-14-6-4-3-5-7-14)29-21(30)18-15-8-9-16(11-10-15)19(18)22(29)31/h3-9,13,15-19H,10-12H2,1-2H3,(H2,25,26,28,32). The molecule has 2 N–H and O–H groups in total. The molecule has 4 aliphatic rings. The van der Waals surface area contributed by atoms with E-state index in [9.17, 15) is 14.4 Å². The first-order valence-electron chi connectivity index (χ1n) is 11.4. The fourth-order valence-electron chi connectivity index (χ4n) is 5.25. The summed E-state index contributed by atoms with van der Waals surface area (Å²) in [5.74, 6) is -0.583. The van der Waals surface area contributed by atoms with E-state index in [1.165, 1.54) is 16.2 Å². The van der Waals surface area contributed by atoms with E-state index in [4.69, 9.17) is 0 Å². The van der Waals surface area contributed by atoms with Crippen molar-refractivity contribution in [2.45, 2.75) is 45.2 Å². The summed E-state index contributed by atoms with van der Waals surface area (Å²) in [6.07, 6.45) is 5.61. The van der Waals surface area contributed by atoms with Gasteiger partial charge in [-0.1, -0.05) is 67.7 Å². The van der Waals surface area contributed by atoms with Gasteiger partial charge in [0, 0.05) is 12.3 Å². The van der Waals surface area contributed by atoms with Crippen LogP contribution in [-0.2, 0) is 16.0 Å². The van der Waals surface area contributed by atoms with Crippen LogP contribution in [0.2, 0.25) is 0 Å². The van der Waals surface area contributed by atoms with Crippen molar-refractivity contribution in [3.63, 3.8) is 0 Å². The highest BCUT2D eigenvalue weighted by atomic mass is 32.1. The summed E-state index contributed by atoms with van der Waals surface area (Å²) in [7, 11) is 0. The highest BCUT2D eigenvalue weighted by molar-refractivity contribution is 7.15. The van der Waals surface area contributed by atoms with Crippen molar-refractivity contribution in [3.8, 4) is 0 Å². The number of allylic oxidation sites excluding steroid dienone is 2. The van der Waals surface area contributed by atoms with Crippen LogP contribution in [0.3, 0.4) is 0 Å². The second-order valence-corrected chi connectivity index (χ2v) is 10.3. The van der Waals surface area contributed by atoms with Gasteiger partial charge in [0.2, 0.25) is 16.9 Å². The third-order valence-corrected chi connectivity index (χ3v) is 7.97. The molecule has 5 unspecified atom stereocenters. The molecular weight excluding hydrogens is 438 g/mol. The average Bonchev–Trinajstić information content (AvgIpc) is 3.38. The van der Waals surface area contributed by atoms with Gasteiger partial charge in [-0.25, -0.2) is 4.79 Å². The molecule has 2 fully saturated rings. The zero-order chi connectivity index (χ0) is 23.1. The number of likely N-dealkylation sites (tertiary alicyclic amines) is 1. The van der Waals surface area contributed by atoms with Crippen LogP contribution in [0.15, 0.2) is 42.5 Å². The van der Waals surface area contributed by atoms with Gasteiger partial charge in [0.15, 0.2) is 0 Å². The Kier molecular flexibility index (Phi) is 5.74. The molecule has 8 nitrogen and oxygen atoms in total. The number of nitrogens with one attached hydrogen (secondary N) is 2. The number of rotatable bonds is 6. The Hall–Kier alpha value is -3.07. The normalized spacial score (nSPS) is 26.6. The minimum absolute atomic E-state index is 0.100. The SMILES string of the molecule is CC(C)c1nnc(NC(=O)NC(Cc2ccccc2)N2C(=O)C3C4C=CC(CC4)C3C2=O)s1. The minimum Gasteiger partial charge on any atom is -0.317 e. The topological polar surface area (TPSA) is 104 Å². The fourth-order valence-corrected chi connectivity index (χ4v) is 5.99. The molecule has 0 spiro atoms. The maximum absolute atomic E-state index is 13.5. The number of nitrogens with zero attached hydrogens (tertiary/aromatic N) is 3. The van der Waals surface area contributed by atoms with Crippen molar-refractivity contribution in [3.05, 3.63) is 53.1 Å². The van der Waals surface area contributed by atoms with Crippen molar-refractivity contribution in [2.75, 3.05) is 5.32 Å². The fraction of sp³-hybridized carbons (Fsp3) is 0.458. The number of carbonyl (C=O) groups is 3. The van der Waals surface area contributed by atoms with Crippen LogP contribution in [0.4, 0.5) is 9.93 Å². The summed E-state index contributed by atoms with van der Waals surface area (Å²) >= 11 is 1.31. The molecule has 0 radical (unpaired) electrons. The summed E-state index contributed by atoms with van der Waals surface area (Å²) < 4.78 is 0. The van der Waals surface area contributed by atoms with E-state index in [0.29, 0.717) is 11.6 Å². The number of aromatic nitrogens is 2. The molecule has 172 valence electrons. The lowest BCUT2D eigenvalue weighted by molar-refractivity contribution is -0.143. The number of carbonyl (C=O) groups excluding carboxylic acids is 3. The number of benzene rings is 1. The van der Waals surface area contributed by atoms with E-state index in [0.717, 1.165) is 23.4 Å². The summed E-state index contributed by atoms with van der Waals surface area (Å²) in [5.41, 5.74) is 0.928. The van der Waals surface area contributed by atoms with Crippen LogP contribution in [0, 0.1) is 23.7 Å². The minimum atomic E-state index is -0.783. The lowest BCUT2D eigenvalue weighted by Gasteiger charge is -2.38. The summed E-state index contributed by atoms with van der Waals surface area (Å²) in [4.78, 5) is 41.1. The predicted octanol–water partition coefficient (Wildman–Crippen LogP) is 3.55. The van der Waals surface area contributed by atoms with E-state index in [1.54, 1.807) is 0 Å². The molecule has 2 bridgehead atoms. The first-order valence-corrected chi connectivity index (χ1v) is 12.2. The largest absolute Gasteiger partial charge is 0.322 e. The quantitative estimate of drug-likeness (QED) is 0.502. The van der Waals surface area contributed by atoms with Crippen molar-refractivity contribution >= 4 is 34.3 Å². The van der Waals surface area contributed by atoms with Gasteiger partial charge in [0.25, 0.3) is 0 Å². The Bertz CT molecular complexity index is 1070. The van der Waals surface area contributed by atoms with Crippen molar-refractivity contribution in [2.24, 2.45) is 23.7 Å². The van der Waals surface area contributed by atoms with Gasteiger partial charge < -0.3 is 5.32 Å². The van der Waals surface area contributed by atoms with E-state index < -0.39 is 12.2 Å². The molecule has 1 aromatic carbocycles. The lowest BCUT2D eigenvalue weighted by Crippen LogP contribution is -2.53. The van der Waals surface area contributed by atoms with Crippen molar-refractivity contribution in [1.82, 2.24) is 20.4 Å². The van der Waals surface area contributed by atoms with Crippen LogP contribution in [0.25, 0.3) is 0 Å². The highest BCUT2D eigenvalue weighted by Gasteiger charge is 2.58. The molecule has 6 rings (SSSR count). The molecule has 33 heavy (non-hydrogen) atoms. The van der Waals surface area contributed by atoms with Crippen molar-refractivity contribution in [1.29, 1.82) is 0 Å². The number of hydrogen-bond acceptors (Lipinski definition) is 6. The number of amides is 4. The van der Waals surface area contributed by atoms with Gasteiger partial charge in [-0.15, -0.1) is 10.2 Å². The molecular formula is C24H27N5O3S. The molecule has 1 aromatic heterocycles. The Morgan fingerprint density at radius 1 is 1.06 bits per heavy atom. The maximum atomic E-state index is 13.5. The molecule has 5 atom stereocenters. The van der Waals surface area contributed by atoms with Crippen LogP contribution < -0.4 is 10.6 Å². The maximum Gasteiger partial charge on any atom is 0.322 e. The Morgan fingerprint density at radius 2 is 1.70 bits per heavy atom. The summed E-state index contributed by atoms with van der Waals surface area (Å²) in [5, 5.41) is 14.9. The van der Waals surface area contributed by atoms with Gasteiger partial charge >= 0.3 is 6.03 Å². The number of urea groups is 1. The first kappa shape index (κ1) is 21.8. The van der Waals surface area contributed by atoms with Crippen LogP contribution in [0.1, 0.15) is 43.2 Å². The Morgan fingerprint density at radius 3 is 2.24 bits per heavy atom. The number of imide groups is 1. The average molecular weight is 466 g/mol. The Labute approximate surface area is 196 Å². The summed E-state index contributed by atoms with van der Waals surface area (Å²) in [6, 6.07) is 9.05. The molecule has 3 aliphatic carbocycles. The molecule has 9 heteroatoms. The smallest absolute Gasteiger partial charge is 0.317 e. The van der Waals surface area contributed by atoms with E-state index in [1.807, 2.05) is 44.2 Å². The number of fused-ring (bicyclic) bond motifs is 1. The van der Waals surface area contributed by atoms with E-state index in [-0.39, 0.29) is 41.4 Å². The van der Waals surface area contributed by atoms with Crippen molar-refractivity contribution < 1.29 is 14.4 Å². The van der Waals surface area contributed by atoms with Gasteiger partial charge in [0.05, 0.1) is 11.8 Å². The van der Waals surface area contributed by atoms with E-state index in [2.05, 4.69) is 33.0 Å².